The summed E-state index contributed by atoms with van der Waals surface area (Å²) in [6.45, 7) is 0.404. The summed E-state index contributed by atoms with van der Waals surface area (Å²) in [6, 6.07) is 11.6. The summed E-state index contributed by atoms with van der Waals surface area (Å²) >= 11 is 6.17. The first-order chi connectivity index (χ1) is 12.4. The van der Waals surface area contributed by atoms with Gasteiger partial charge in [0, 0.05) is 18.3 Å². The average Bonchev–Trinajstić information content (AvgIpc) is 2.62. The number of amides is 1. The molecule has 1 aliphatic rings. The van der Waals surface area contributed by atoms with Gasteiger partial charge in [-0.1, -0.05) is 17.7 Å². The van der Waals surface area contributed by atoms with Crippen molar-refractivity contribution in [2.45, 2.75) is 12.8 Å². The fourth-order valence-electron chi connectivity index (χ4n) is 2.82. The Bertz CT molecular complexity index is 931. The number of methoxy groups -OCH3 is 1. The summed E-state index contributed by atoms with van der Waals surface area (Å²) < 4.78 is 31.1. The molecule has 26 heavy (non-hydrogen) atoms. The van der Waals surface area contributed by atoms with Gasteiger partial charge in [0.05, 0.1) is 29.1 Å². The summed E-state index contributed by atoms with van der Waals surface area (Å²) in [5.74, 6) is 0.308. The van der Waals surface area contributed by atoms with Crippen LogP contribution in [0.4, 0.5) is 11.4 Å². The van der Waals surface area contributed by atoms with Crippen LogP contribution in [0.1, 0.15) is 23.2 Å². The Morgan fingerprint density at radius 3 is 2.73 bits per heavy atom. The molecule has 0 spiro atoms. The minimum Gasteiger partial charge on any atom is -0.497 e. The molecule has 1 N–H and O–H groups in total. The maximum Gasteiger partial charge on any atom is 0.257 e. The van der Waals surface area contributed by atoms with Crippen LogP contribution >= 0.6 is 11.6 Å². The van der Waals surface area contributed by atoms with Gasteiger partial charge in [0.2, 0.25) is 10.0 Å². The quantitative estimate of drug-likeness (QED) is 0.860. The molecule has 0 radical (unpaired) electrons. The molecule has 3 rings (SSSR count). The second kappa shape index (κ2) is 7.55. The molecular weight excluding hydrogens is 376 g/mol. The predicted octanol–water partition coefficient (Wildman–Crippen LogP) is 3.53. The number of carbonyl (C=O) groups excluding carboxylic acids is 1. The van der Waals surface area contributed by atoms with E-state index in [1.54, 1.807) is 43.5 Å². The molecule has 0 bridgehead atoms. The van der Waals surface area contributed by atoms with E-state index >= 15 is 0 Å². The van der Waals surface area contributed by atoms with Crippen LogP contribution < -0.4 is 14.4 Å². The van der Waals surface area contributed by atoms with Crippen LogP contribution in [0.2, 0.25) is 5.02 Å². The van der Waals surface area contributed by atoms with Gasteiger partial charge in [0.1, 0.15) is 5.75 Å². The Labute approximate surface area is 157 Å². The van der Waals surface area contributed by atoms with E-state index in [0.717, 1.165) is 6.42 Å². The number of halogens is 1. The molecular formula is C18H19ClN2O4S. The highest BCUT2D eigenvalue weighted by Crippen LogP contribution is 2.28. The van der Waals surface area contributed by atoms with Gasteiger partial charge in [0.25, 0.3) is 5.91 Å². The van der Waals surface area contributed by atoms with Crippen molar-refractivity contribution < 1.29 is 17.9 Å². The highest BCUT2D eigenvalue weighted by atomic mass is 35.5. The van der Waals surface area contributed by atoms with Crippen molar-refractivity contribution in [3.63, 3.8) is 0 Å². The first-order valence-corrected chi connectivity index (χ1v) is 10.1. The number of anilines is 2. The topological polar surface area (TPSA) is 75.7 Å². The molecule has 0 aliphatic carbocycles. The Hall–Kier alpha value is -2.25. The predicted molar refractivity (Wildman–Crippen MR) is 103 cm³/mol. The third kappa shape index (κ3) is 3.94. The first-order valence-electron chi connectivity index (χ1n) is 8.16. The molecule has 1 fully saturated rings. The molecule has 8 heteroatoms. The standard InChI is InChI=1S/C18H19ClN2O4S/c1-25-15-6-4-5-13(11-15)20-18(22)16-12-14(7-8-17(16)19)21-9-2-3-10-26(21,23)24/h4-8,11-12H,2-3,9-10H2,1H3,(H,20,22). The molecule has 1 saturated heterocycles. The summed E-state index contributed by atoms with van der Waals surface area (Å²) in [7, 11) is -1.82. The maximum absolute atomic E-state index is 12.6. The minimum absolute atomic E-state index is 0.112. The summed E-state index contributed by atoms with van der Waals surface area (Å²) in [5.41, 5.74) is 1.22. The zero-order valence-corrected chi connectivity index (χ0v) is 15.8. The van der Waals surface area contributed by atoms with Gasteiger partial charge in [-0.05, 0) is 43.2 Å². The highest BCUT2D eigenvalue weighted by Gasteiger charge is 2.27. The van der Waals surface area contributed by atoms with Crippen LogP contribution in [0, 0.1) is 0 Å². The average molecular weight is 395 g/mol. The van der Waals surface area contributed by atoms with Gasteiger partial charge >= 0.3 is 0 Å². The van der Waals surface area contributed by atoms with Crippen molar-refractivity contribution in [1.82, 2.24) is 0 Å². The minimum atomic E-state index is -3.36. The second-order valence-corrected chi connectivity index (χ2v) is 8.37. The lowest BCUT2D eigenvalue weighted by Gasteiger charge is -2.28. The number of rotatable bonds is 4. The van der Waals surface area contributed by atoms with Gasteiger partial charge < -0.3 is 10.1 Å². The molecule has 1 amide bonds. The third-order valence-electron chi connectivity index (χ3n) is 4.16. The number of carbonyl (C=O) groups is 1. The van der Waals surface area contributed by atoms with Gasteiger partial charge in [-0.3, -0.25) is 9.10 Å². The Kier molecular flexibility index (Phi) is 5.38. The van der Waals surface area contributed by atoms with Crippen molar-refractivity contribution in [2.24, 2.45) is 0 Å². The van der Waals surface area contributed by atoms with Gasteiger partial charge in [0.15, 0.2) is 0 Å². The molecule has 1 aliphatic heterocycles. The van der Waals surface area contributed by atoms with Gasteiger partial charge in [-0.2, -0.15) is 0 Å². The van der Waals surface area contributed by atoms with Crippen LogP contribution in [-0.2, 0) is 10.0 Å². The smallest absolute Gasteiger partial charge is 0.257 e. The Morgan fingerprint density at radius 1 is 1.19 bits per heavy atom. The molecule has 138 valence electrons. The third-order valence-corrected chi connectivity index (χ3v) is 6.36. The van der Waals surface area contributed by atoms with E-state index in [-0.39, 0.29) is 16.3 Å². The number of nitrogens with one attached hydrogen (secondary N) is 1. The number of hydrogen-bond acceptors (Lipinski definition) is 4. The molecule has 0 saturated carbocycles. The normalized spacial score (nSPS) is 16.2. The van der Waals surface area contributed by atoms with Gasteiger partial charge in [-0.15, -0.1) is 0 Å². The number of sulfonamides is 1. The maximum atomic E-state index is 12.6. The van der Waals surface area contributed by atoms with E-state index in [9.17, 15) is 13.2 Å². The molecule has 0 aromatic heterocycles. The first kappa shape index (κ1) is 18.5. The summed E-state index contributed by atoms with van der Waals surface area (Å²) in [4.78, 5) is 12.6. The van der Waals surface area contributed by atoms with E-state index in [2.05, 4.69) is 5.32 Å². The summed E-state index contributed by atoms with van der Waals surface area (Å²) in [6.07, 6.45) is 1.43. The van der Waals surface area contributed by atoms with E-state index in [4.69, 9.17) is 16.3 Å². The van der Waals surface area contributed by atoms with Crippen molar-refractivity contribution in [3.8, 4) is 5.75 Å². The SMILES string of the molecule is COc1cccc(NC(=O)c2cc(N3CCCCS3(=O)=O)ccc2Cl)c1. The fraction of sp³-hybridized carbons (Fsp3) is 0.278. The largest absolute Gasteiger partial charge is 0.497 e. The van der Waals surface area contributed by atoms with Crippen LogP contribution in [0.15, 0.2) is 42.5 Å². The van der Waals surface area contributed by atoms with E-state index in [1.165, 1.54) is 10.4 Å². The molecule has 0 unspecified atom stereocenters. The van der Waals surface area contributed by atoms with Crippen LogP contribution in [0.3, 0.4) is 0 Å². The Morgan fingerprint density at radius 2 is 2.00 bits per heavy atom. The lowest BCUT2D eigenvalue weighted by Crippen LogP contribution is -2.38. The number of benzene rings is 2. The highest BCUT2D eigenvalue weighted by molar-refractivity contribution is 7.92. The molecule has 2 aromatic carbocycles. The van der Waals surface area contributed by atoms with Crippen molar-refractivity contribution in [2.75, 3.05) is 29.0 Å². The Balaban J connectivity index is 1.88. The van der Waals surface area contributed by atoms with Crippen LogP contribution in [-0.4, -0.2) is 33.7 Å². The number of nitrogens with zero attached hydrogens (tertiary/aromatic N) is 1. The van der Waals surface area contributed by atoms with Gasteiger partial charge in [-0.25, -0.2) is 8.42 Å². The van der Waals surface area contributed by atoms with E-state index in [0.29, 0.717) is 30.1 Å². The lowest BCUT2D eigenvalue weighted by molar-refractivity contribution is 0.102. The van der Waals surface area contributed by atoms with Crippen LogP contribution in [0.5, 0.6) is 5.75 Å². The van der Waals surface area contributed by atoms with Crippen molar-refractivity contribution >= 4 is 38.9 Å². The van der Waals surface area contributed by atoms with E-state index < -0.39 is 15.9 Å². The molecule has 1 heterocycles. The molecule has 2 aromatic rings. The van der Waals surface area contributed by atoms with Crippen molar-refractivity contribution in [1.29, 1.82) is 0 Å². The van der Waals surface area contributed by atoms with Crippen molar-refractivity contribution in [3.05, 3.63) is 53.1 Å². The second-order valence-electron chi connectivity index (χ2n) is 5.95. The molecule has 0 atom stereocenters. The zero-order chi connectivity index (χ0) is 18.7. The summed E-state index contributed by atoms with van der Waals surface area (Å²) in [5, 5.41) is 3.01. The zero-order valence-electron chi connectivity index (χ0n) is 14.2. The monoisotopic (exact) mass is 394 g/mol. The van der Waals surface area contributed by atoms with Crippen LogP contribution in [0.25, 0.3) is 0 Å². The molecule has 6 nitrogen and oxygen atoms in total. The number of ether oxygens (including phenoxy) is 1. The fourth-order valence-corrected chi connectivity index (χ4v) is 4.66. The van der Waals surface area contributed by atoms with E-state index in [1.807, 2.05) is 0 Å². The number of hydrogen-bond donors (Lipinski definition) is 1. The lowest BCUT2D eigenvalue weighted by atomic mass is 10.1.